The van der Waals surface area contributed by atoms with Gasteiger partial charge in [-0.3, -0.25) is 4.79 Å². The highest BCUT2D eigenvalue weighted by atomic mass is 35.5. The lowest BCUT2D eigenvalue weighted by molar-refractivity contribution is -0.120. The molecule has 1 amide bonds. The van der Waals surface area contributed by atoms with Gasteiger partial charge in [-0.05, 0) is 36.5 Å². The number of amides is 1. The van der Waals surface area contributed by atoms with Crippen LogP contribution >= 0.6 is 11.6 Å². The molecular formula is C14H18ClNO3S. The maximum atomic E-state index is 11.8. The standard InChI is InChI=1S/C14H18ClNO3S/c15-13-3-1-2-12(8-13)9-14(17)16-6-4-11-5-7-20(18,19)10-11/h1-3,8,11H,4-7,9-10H2,(H,16,17). The maximum absolute atomic E-state index is 11.8. The molecule has 0 bridgehead atoms. The van der Waals surface area contributed by atoms with Crippen molar-refractivity contribution in [1.82, 2.24) is 5.32 Å². The fraction of sp³-hybridized carbons (Fsp3) is 0.500. The third-order valence-electron chi connectivity index (χ3n) is 3.46. The van der Waals surface area contributed by atoms with Gasteiger partial charge in [0.25, 0.3) is 0 Å². The first-order valence-corrected chi connectivity index (χ1v) is 8.86. The van der Waals surface area contributed by atoms with Crippen LogP contribution in [0.15, 0.2) is 24.3 Å². The molecule has 0 aliphatic carbocycles. The van der Waals surface area contributed by atoms with E-state index in [0.29, 0.717) is 24.4 Å². The minimum atomic E-state index is -2.83. The molecule has 0 spiro atoms. The predicted molar refractivity (Wildman–Crippen MR) is 79.5 cm³/mol. The van der Waals surface area contributed by atoms with Crippen LogP contribution in [0, 0.1) is 5.92 Å². The van der Waals surface area contributed by atoms with Gasteiger partial charge in [0.05, 0.1) is 17.9 Å². The van der Waals surface area contributed by atoms with Crippen LogP contribution in [0.2, 0.25) is 5.02 Å². The average Bonchev–Trinajstić information content (AvgIpc) is 2.69. The zero-order chi connectivity index (χ0) is 14.6. The molecule has 6 heteroatoms. The molecule has 1 N–H and O–H groups in total. The summed E-state index contributed by atoms with van der Waals surface area (Å²) in [4.78, 5) is 11.8. The van der Waals surface area contributed by atoms with Crippen molar-refractivity contribution < 1.29 is 13.2 Å². The zero-order valence-corrected chi connectivity index (χ0v) is 12.7. The van der Waals surface area contributed by atoms with Crippen molar-refractivity contribution in [1.29, 1.82) is 0 Å². The van der Waals surface area contributed by atoms with Gasteiger partial charge in [0.1, 0.15) is 0 Å². The number of halogens is 1. The molecule has 0 aromatic heterocycles. The lowest BCUT2D eigenvalue weighted by Crippen LogP contribution is -2.27. The molecule has 1 aliphatic rings. The van der Waals surface area contributed by atoms with E-state index in [2.05, 4.69) is 5.32 Å². The molecule has 1 unspecified atom stereocenters. The summed E-state index contributed by atoms with van der Waals surface area (Å²) in [6, 6.07) is 7.21. The Hall–Kier alpha value is -1.07. The van der Waals surface area contributed by atoms with Crippen molar-refractivity contribution in [2.45, 2.75) is 19.3 Å². The highest BCUT2D eigenvalue weighted by Crippen LogP contribution is 2.20. The summed E-state index contributed by atoms with van der Waals surface area (Å²) >= 11 is 5.86. The van der Waals surface area contributed by atoms with E-state index >= 15 is 0 Å². The van der Waals surface area contributed by atoms with Crippen LogP contribution in [0.1, 0.15) is 18.4 Å². The molecule has 0 radical (unpaired) electrons. The molecule has 20 heavy (non-hydrogen) atoms. The van der Waals surface area contributed by atoms with Crippen LogP contribution in [0.25, 0.3) is 0 Å². The number of sulfone groups is 1. The van der Waals surface area contributed by atoms with Crippen LogP contribution in [0.4, 0.5) is 0 Å². The molecule has 2 rings (SSSR count). The van der Waals surface area contributed by atoms with Crippen molar-refractivity contribution in [2.75, 3.05) is 18.1 Å². The second-order valence-electron chi connectivity index (χ2n) is 5.21. The molecule has 1 aliphatic heterocycles. The number of rotatable bonds is 5. The van der Waals surface area contributed by atoms with E-state index in [1.807, 2.05) is 12.1 Å². The monoisotopic (exact) mass is 315 g/mol. The Balaban J connectivity index is 1.71. The van der Waals surface area contributed by atoms with E-state index in [1.54, 1.807) is 12.1 Å². The Labute approximate surface area is 124 Å². The molecule has 1 aromatic rings. The normalized spacial score (nSPS) is 20.8. The quantitative estimate of drug-likeness (QED) is 0.901. The molecule has 1 saturated heterocycles. The topological polar surface area (TPSA) is 63.2 Å². The Morgan fingerprint density at radius 3 is 2.85 bits per heavy atom. The molecule has 4 nitrogen and oxygen atoms in total. The third kappa shape index (κ3) is 4.80. The van der Waals surface area contributed by atoms with Gasteiger partial charge in [-0.15, -0.1) is 0 Å². The average molecular weight is 316 g/mol. The first-order valence-electron chi connectivity index (χ1n) is 6.66. The molecule has 1 aromatic carbocycles. The largest absolute Gasteiger partial charge is 0.356 e. The second-order valence-corrected chi connectivity index (χ2v) is 7.88. The van der Waals surface area contributed by atoms with Gasteiger partial charge in [-0.1, -0.05) is 23.7 Å². The summed E-state index contributed by atoms with van der Waals surface area (Å²) in [6.07, 6.45) is 1.73. The van der Waals surface area contributed by atoms with Gasteiger partial charge >= 0.3 is 0 Å². The molecular weight excluding hydrogens is 298 g/mol. The summed E-state index contributed by atoms with van der Waals surface area (Å²) in [7, 11) is -2.83. The number of nitrogens with one attached hydrogen (secondary N) is 1. The Morgan fingerprint density at radius 2 is 2.20 bits per heavy atom. The maximum Gasteiger partial charge on any atom is 0.224 e. The third-order valence-corrected chi connectivity index (χ3v) is 5.53. The van der Waals surface area contributed by atoms with Crippen LogP contribution in [0.3, 0.4) is 0 Å². The van der Waals surface area contributed by atoms with Gasteiger partial charge < -0.3 is 5.32 Å². The van der Waals surface area contributed by atoms with Crippen molar-refractivity contribution >= 4 is 27.3 Å². The van der Waals surface area contributed by atoms with Gasteiger partial charge in [-0.2, -0.15) is 0 Å². The van der Waals surface area contributed by atoms with E-state index in [0.717, 1.165) is 12.0 Å². The summed E-state index contributed by atoms with van der Waals surface area (Å²) < 4.78 is 22.6. The number of hydrogen-bond acceptors (Lipinski definition) is 3. The lowest BCUT2D eigenvalue weighted by atomic mass is 10.1. The van der Waals surface area contributed by atoms with E-state index < -0.39 is 9.84 Å². The zero-order valence-electron chi connectivity index (χ0n) is 11.1. The number of benzene rings is 1. The molecule has 1 fully saturated rings. The van der Waals surface area contributed by atoms with E-state index in [9.17, 15) is 13.2 Å². The summed E-state index contributed by atoms with van der Waals surface area (Å²) in [5, 5.41) is 3.45. The molecule has 1 atom stereocenters. The summed E-state index contributed by atoms with van der Waals surface area (Å²) in [6.45, 7) is 0.527. The van der Waals surface area contributed by atoms with Crippen LogP contribution in [-0.4, -0.2) is 32.4 Å². The smallest absolute Gasteiger partial charge is 0.224 e. The highest BCUT2D eigenvalue weighted by Gasteiger charge is 2.27. The van der Waals surface area contributed by atoms with Crippen molar-refractivity contribution in [3.63, 3.8) is 0 Å². The van der Waals surface area contributed by atoms with Crippen molar-refractivity contribution in [3.8, 4) is 0 Å². The van der Waals surface area contributed by atoms with Crippen LogP contribution in [0.5, 0.6) is 0 Å². The summed E-state index contributed by atoms with van der Waals surface area (Å²) in [5.41, 5.74) is 0.874. The minimum Gasteiger partial charge on any atom is -0.356 e. The SMILES string of the molecule is O=C(Cc1cccc(Cl)c1)NCCC1CCS(=O)(=O)C1. The van der Waals surface area contributed by atoms with E-state index in [4.69, 9.17) is 11.6 Å². The van der Waals surface area contributed by atoms with E-state index in [-0.39, 0.29) is 23.3 Å². The number of hydrogen-bond donors (Lipinski definition) is 1. The summed E-state index contributed by atoms with van der Waals surface area (Å²) in [5.74, 6) is 0.672. The fourth-order valence-electron chi connectivity index (χ4n) is 2.41. The van der Waals surface area contributed by atoms with Crippen LogP contribution < -0.4 is 5.32 Å². The minimum absolute atomic E-state index is 0.0619. The number of carbonyl (C=O) groups is 1. The Bertz CT molecular complexity index is 586. The molecule has 110 valence electrons. The molecule has 1 heterocycles. The Morgan fingerprint density at radius 1 is 1.40 bits per heavy atom. The van der Waals surface area contributed by atoms with Gasteiger partial charge in [-0.25, -0.2) is 8.42 Å². The fourth-order valence-corrected chi connectivity index (χ4v) is 4.53. The van der Waals surface area contributed by atoms with Gasteiger partial charge in [0.15, 0.2) is 9.84 Å². The van der Waals surface area contributed by atoms with Gasteiger partial charge in [0.2, 0.25) is 5.91 Å². The second kappa shape index (κ2) is 6.59. The number of carbonyl (C=O) groups excluding carboxylic acids is 1. The first kappa shape index (κ1) is 15.3. The van der Waals surface area contributed by atoms with Crippen molar-refractivity contribution in [3.05, 3.63) is 34.9 Å². The highest BCUT2D eigenvalue weighted by molar-refractivity contribution is 7.91. The Kier molecular flexibility index (Phi) is 5.05. The van der Waals surface area contributed by atoms with Crippen molar-refractivity contribution in [2.24, 2.45) is 5.92 Å². The predicted octanol–water partition coefficient (Wildman–Crippen LogP) is 1.82. The van der Waals surface area contributed by atoms with Gasteiger partial charge in [0, 0.05) is 11.6 Å². The lowest BCUT2D eigenvalue weighted by Gasteiger charge is -2.09. The van der Waals surface area contributed by atoms with E-state index in [1.165, 1.54) is 0 Å². The first-order chi connectivity index (χ1) is 9.44. The van der Waals surface area contributed by atoms with Crippen LogP contribution in [-0.2, 0) is 21.1 Å². The molecule has 0 saturated carbocycles.